The maximum absolute atomic E-state index is 13.4. The van der Waals surface area contributed by atoms with Gasteiger partial charge in [0.1, 0.15) is 0 Å². The lowest BCUT2D eigenvalue weighted by molar-refractivity contribution is -0.137. The zero-order chi connectivity index (χ0) is 24.5. The van der Waals surface area contributed by atoms with Gasteiger partial charge in [-0.15, -0.1) is 0 Å². The maximum atomic E-state index is 13.4. The summed E-state index contributed by atoms with van der Waals surface area (Å²) >= 11 is 6.07. The number of aromatic nitrogens is 2. The minimum atomic E-state index is -4.65. The highest BCUT2D eigenvalue weighted by atomic mass is 35.5. The molecule has 1 aromatic heterocycles. The molecule has 5 nitrogen and oxygen atoms in total. The van der Waals surface area contributed by atoms with E-state index in [-0.39, 0.29) is 5.56 Å². The molecule has 2 aromatic carbocycles. The van der Waals surface area contributed by atoms with E-state index in [9.17, 15) is 18.0 Å². The van der Waals surface area contributed by atoms with Crippen LogP contribution in [-0.2, 0) is 6.18 Å². The SMILES string of the molecule is CN(C)C1(C(NC(=O)c2cccc(C(F)(F)F)c2Cl)c2cccc(-c3cn[nH]c3)c2)CCCC1. The Hall–Kier alpha value is -2.84. The summed E-state index contributed by atoms with van der Waals surface area (Å²) in [7, 11) is 3.95. The molecular formula is C25H26ClF3N4O. The van der Waals surface area contributed by atoms with E-state index in [1.165, 1.54) is 12.1 Å². The van der Waals surface area contributed by atoms with Gasteiger partial charge >= 0.3 is 6.18 Å². The average molecular weight is 491 g/mol. The average Bonchev–Trinajstić information content (AvgIpc) is 3.50. The number of hydrogen-bond acceptors (Lipinski definition) is 3. The Balaban J connectivity index is 1.77. The van der Waals surface area contributed by atoms with Crippen LogP contribution in [0.5, 0.6) is 0 Å². The summed E-state index contributed by atoms with van der Waals surface area (Å²) in [6.07, 6.45) is 2.53. The molecule has 0 radical (unpaired) electrons. The topological polar surface area (TPSA) is 61.0 Å². The molecule has 34 heavy (non-hydrogen) atoms. The molecule has 2 N–H and O–H groups in total. The summed E-state index contributed by atoms with van der Waals surface area (Å²) in [6, 6.07) is 10.7. The molecule has 4 rings (SSSR count). The van der Waals surface area contributed by atoms with Crippen LogP contribution in [0.25, 0.3) is 11.1 Å². The van der Waals surface area contributed by atoms with E-state index in [1.54, 1.807) is 12.4 Å². The van der Waals surface area contributed by atoms with Crippen molar-refractivity contribution < 1.29 is 18.0 Å². The van der Waals surface area contributed by atoms with Crippen molar-refractivity contribution in [3.8, 4) is 11.1 Å². The van der Waals surface area contributed by atoms with Crippen LogP contribution in [0.3, 0.4) is 0 Å². The fraction of sp³-hybridized carbons (Fsp3) is 0.360. The first-order valence-electron chi connectivity index (χ1n) is 11.1. The Labute approximate surface area is 201 Å². The van der Waals surface area contributed by atoms with Gasteiger partial charge in [0.25, 0.3) is 5.91 Å². The largest absolute Gasteiger partial charge is 0.417 e. The van der Waals surface area contributed by atoms with Crippen LogP contribution >= 0.6 is 11.6 Å². The van der Waals surface area contributed by atoms with Gasteiger partial charge in [-0.25, -0.2) is 0 Å². The predicted molar refractivity (Wildman–Crippen MR) is 126 cm³/mol. The standard InChI is InChI=1S/C25H26ClF3N4O/c1-33(2)24(11-3-4-12-24)22(17-8-5-7-16(13-17)18-14-30-31-15-18)32-23(34)19-9-6-10-20(21(19)26)25(27,28)29/h5-10,13-15,22H,3-4,11-12H2,1-2H3,(H,30,31)(H,32,34). The van der Waals surface area contributed by atoms with Gasteiger partial charge < -0.3 is 10.2 Å². The lowest BCUT2D eigenvalue weighted by Gasteiger charge is -2.44. The summed E-state index contributed by atoms with van der Waals surface area (Å²) in [6.45, 7) is 0. The monoisotopic (exact) mass is 490 g/mol. The van der Waals surface area contributed by atoms with Crippen molar-refractivity contribution in [3.05, 3.63) is 76.6 Å². The quantitative estimate of drug-likeness (QED) is 0.439. The number of amides is 1. The second-order valence-corrected chi connectivity index (χ2v) is 9.27. The summed E-state index contributed by atoms with van der Waals surface area (Å²) in [5.74, 6) is -0.636. The molecule has 1 aliphatic carbocycles. The van der Waals surface area contributed by atoms with E-state index in [0.29, 0.717) is 0 Å². The van der Waals surface area contributed by atoms with Crippen LogP contribution in [0, 0.1) is 0 Å². The highest BCUT2D eigenvalue weighted by Crippen LogP contribution is 2.44. The number of alkyl halides is 3. The lowest BCUT2D eigenvalue weighted by atomic mass is 9.81. The molecular weight excluding hydrogens is 465 g/mol. The number of nitrogens with zero attached hydrogens (tertiary/aromatic N) is 2. The van der Waals surface area contributed by atoms with E-state index >= 15 is 0 Å². The highest BCUT2D eigenvalue weighted by molar-refractivity contribution is 6.34. The summed E-state index contributed by atoms with van der Waals surface area (Å²) in [5, 5.41) is 9.27. The van der Waals surface area contributed by atoms with Gasteiger partial charge in [-0.1, -0.05) is 48.7 Å². The number of aromatic amines is 1. The van der Waals surface area contributed by atoms with Crippen molar-refractivity contribution in [2.24, 2.45) is 0 Å². The molecule has 1 heterocycles. The van der Waals surface area contributed by atoms with Crippen molar-refractivity contribution in [2.45, 2.75) is 43.4 Å². The van der Waals surface area contributed by atoms with Gasteiger partial charge in [-0.3, -0.25) is 9.89 Å². The van der Waals surface area contributed by atoms with Gasteiger partial charge in [-0.05, 0) is 56.3 Å². The molecule has 1 unspecified atom stereocenters. The fourth-order valence-electron chi connectivity index (χ4n) is 4.95. The van der Waals surface area contributed by atoms with E-state index in [0.717, 1.165) is 48.4 Å². The van der Waals surface area contributed by atoms with Crippen LogP contribution in [0.1, 0.15) is 53.2 Å². The van der Waals surface area contributed by atoms with Crippen LogP contribution in [-0.4, -0.2) is 40.6 Å². The predicted octanol–water partition coefficient (Wildman–Crippen LogP) is 6.09. The second-order valence-electron chi connectivity index (χ2n) is 8.89. The molecule has 1 saturated carbocycles. The van der Waals surface area contributed by atoms with Gasteiger partial charge in [0.2, 0.25) is 0 Å². The van der Waals surface area contributed by atoms with Gasteiger partial charge in [0.15, 0.2) is 0 Å². The molecule has 0 aliphatic heterocycles. The highest BCUT2D eigenvalue weighted by Gasteiger charge is 2.45. The van der Waals surface area contributed by atoms with E-state index in [2.05, 4.69) is 20.4 Å². The van der Waals surface area contributed by atoms with Crippen LogP contribution in [0.2, 0.25) is 5.02 Å². The molecule has 1 aliphatic rings. The van der Waals surface area contributed by atoms with Crippen molar-refractivity contribution in [3.63, 3.8) is 0 Å². The molecule has 1 atom stereocenters. The summed E-state index contributed by atoms with van der Waals surface area (Å²) in [4.78, 5) is 15.5. The molecule has 1 fully saturated rings. The van der Waals surface area contributed by atoms with Crippen molar-refractivity contribution in [1.29, 1.82) is 0 Å². The third kappa shape index (κ3) is 4.57. The number of carbonyl (C=O) groups excluding carboxylic acids is 1. The van der Waals surface area contributed by atoms with Crippen molar-refractivity contribution in [1.82, 2.24) is 20.4 Å². The van der Waals surface area contributed by atoms with E-state index in [1.807, 2.05) is 38.4 Å². The third-order valence-electron chi connectivity index (χ3n) is 6.77. The minimum Gasteiger partial charge on any atom is -0.343 e. The third-order valence-corrected chi connectivity index (χ3v) is 7.18. The Bertz CT molecular complexity index is 1160. The Morgan fingerprint density at radius 3 is 2.47 bits per heavy atom. The molecule has 180 valence electrons. The van der Waals surface area contributed by atoms with Gasteiger partial charge in [0.05, 0.1) is 28.4 Å². The minimum absolute atomic E-state index is 0.195. The van der Waals surface area contributed by atoms with Gasteiger partial charge in [0, 0.05) is 17.3 Å². The summed E-state index contributed by atoms with van der Waals surface area (Å²) < 4.78 is 40.1. The summed E-state index contributed by atoms with van der Waals surface area (Å²) in [5.41, 5.74) is 1.08. The van der Waals surface area contributed by atoms with Crippen LogP contribution < -0.4 is 5.32 Å². The Kier molecular flexibility index (Phi) is 6.73. The molecule has 0 spiro atoms. The van der Waals surface area contributed by atoms with Crippen molar-refractivity contribution in [2.75, 3.05) is 14.1 Å². The molecule has 1 amide bonds. The number of carbonyl (C=O) groups is 1. The number of hydrogen-bond donors (Lipinski definition) is 2. The molecule has 0 saturated heterocycles. The smallest absolute Gasteiger partial charge is 0.343 e. The first kappa shape index (κ1) is 24.3. The maximum Gasteiger partial charge on any atom is 0.417 e. The number of H-pyrrole nitrogens is 1. The van der Waals surface area contributed by atoms with E-state index in [4.69, 9.17) is 11.6 Å². The van der Waals surface area contributed by atoms with Crippen molar-refractivity contribution >= 4 is 17.5 Å². The normalized spacial score (nSPS) is 16.6. The Morgan fingerprint density at radius 1 is 1.15 bits per heavy atom. The Morgan fingerprint density at radius 2 is 1.85 bits per heavy atom. The number of nitrogens with one attached hydrogen (secondary N) is 2. The zero-order valence-corrected chi connectivity index (χ0v) is 19.7. The zero-order valence-electron chi connectivity index (χ0n) is 18.9. The lowest BCUT2D eigenvalue weighted by Crippen LogP contribution is -2.53. The van der Waals surface area contributed by atoms with E-state index < -0.39 is 34.3 Å². The first-order valence-corrected chi connectivity index (χ1v) is 11.4. The van der Waals surface area contributed by atoms with Gasteiger partial charge in [-0.2, -0.15) is 18.3 Å². The van der Waals surface area contributed by atoms with Crippen LogP contribution in [0.4, 0.5) is 13.2 Å². The second kappa shape index (κ2) is 9.43. The molecule has 3 aromatic rings. The number of likely N-dealkylation sites (N-methyl/N-ethyl adjacent to an activating group) is 1. The number of halogens is 4. The number of benzene rings is 2. The number of rotatable bonds is 6. The van der Waals surface area contributed by atoms with Crippen LogP contribution in [0.15, 0.2) is 54.9 Å². The molecule has 9 heteroatoms. The fourth-order valence-corrected chi connectivity index (χ4v) is 5.27. The first-order chi connectivity index (χ1) is 16.1. The molecule has 0 bridgehead atoms.